The van der Waals surface area contributed by atoms with Crippen LogP contribution in [0.15, 0.2) is 30.3 Å². The van der Waals surface area contributed by atoms with Crippen LogP contribution in [0, 0.1) is 0 Å². The quantitative estimate of drug-likeness (QED) is 0.775. The fourth-order valence-corrected chi connectivity index (χ4v) is 1.24. The molecular formula is C11H17N3O. The zero-order valence-corrected chi connectivity index (χ0v) is 9.10. The van der Waals surface area contributed by atoms with Gasteiger partial charge in [0.15, 0.2) is 0 Å². The van der Waals surface area contributed by atoms with Crippen molar-refractivity contribution in [2.45, 2.75) is 6.04 Å². The number of rotatable bonds is 3. The number of hydrogen-bond donors (Lipinski definition) is 2. The van der Waals surface area contributed by atoms with Gasteiger partial charge < -0.3 is 16.0 Å². The van der Waals surface area contributed by atoms with Crippen LogP contribution in [0.25, 0.3) is 0 Å². The molecular weight excluding hydrogens is 190 g/mol. The maximum Gasteiger partial charge on any atom is 0.317 e. The third kappa shape index (κ3) is 3.25. The highest BCUT2D eigenvalue weighted by Gasteiger charge is 2.13. The number of benzene rings is 1. The summed E-state index contributed by atoms with van der Waals surface area (Å²) in [4.78, 5) is 12.9. The van der Waals surface area contributed by atoms with Crippen LogP contribution < -0.4 is 11.1 Å². The highest BCUT2D eigenvalue weighted by Crippen LogP contribution is 2.10. The van der Waals surface area contributed by atoms with Crippen molar-refractivity contribution in [3.8, 4) is 0 Å². The Hall–Kier alpha value is -1.55. The van der Waals surface area contributed by atoms with Crippen LogP contribution >= 0.6 is 0 Å². The molecule has 82 valence electrons. The highest BCUT2D eigenvalue weighted by atomic mass is 16.2. The molecule has 0 saturated heterocycles. The van der Waals surface area contributed by atoms with Crippen molar-refractivity contribution in [1.82, 2.24) is 10.2 Å². The molecule has 3 N–H and O–H groups in total. The summed E-state index contributed by atoms with van der Waals surface area (Å²) in [5.74, 6) is 0. The first kappa shape index (κ1) is 11.5. The molecule has 0 saturated carbocycles. The summed E-state index contributed by atoms with van der Waals surface area (Å²) in [6, 6.07) is 9.45. The van der Waals surface area contributed by atoms with Gasteiger partial charge in [-0.05, 0) is 5.56 Å². The van der Waals surface area contributed by atoms with Crippen molar-refractivity contribution in [2.24, 2.45) is 5.73 Å². The molecule has 0 bridgehead atoms. The lowest BCUT2D eigenvalue weighted by Crippen LogP contribution is -2.39. The molecule has 0 aromatic heterocycles. The molecule has 4 nitrogen and oxygen atoms in total. The van der Waals surface area contributed by atoms with Gasteiger partial charge in [-0.1, -0.05) is 30.3 Å². The van der Waals surface area contributed by atoms with Gasteiger partial charge in [0.1, 0.15) is 0 Å². The Kier molecular flexibility index (Phi) is 4.12. The smallest absolute Gasteiger partial charge is 0.317 e. The van der Waals surface area contributed by atoms with E-state index >= 15 is 0 Å². The normalized spacial score (nSPS) is 11.9. The Balaban J connectivity index is 2.69. The lowest BCUT2D eigenvalue weighted by Gasteiger charge is -2.20. The fourth-order valence-electron chi connectivity index (χ4n) is 1.24. The zero-order chi connectivity index (χ0) is 11.3. The molecule has 1 atom stereocenters. The number of nitrogens with one attached hydrogen (secondary N) is 1. The minimum atomic E-state index is -0.130. The summed E-state index contributed by atoms with van der Waals surface area (Å²) >= 11 is 0. The third-order valence-corrected chi connectivity index (χ3v) is 2.14. The predicted molar refractivity (Wildman–Crippen MR) is 60.5 cm³/mol. The lowest BCUT2D eigenvalue weighted by atomic mass is 10.1. The SMILES string of the molecule is CN(C)C(=O)NC(CN)c1ccccc1. The van der Waals surface area contributed by atoms with E-state index in [4.69, 9.17) is 5.73 Å². The van der Waals surface area contributed by atoms with Gasteiger partial charge in [-0.25, -0.2) is 4.79 Å². The lowest BCUT2D eigenvalue weighted by molar-refractivity contribution is 0.213. The molecule has 2 amide bonds. The van der Waals surface area contributed by atoms with E-state index in [9.17, 15) is 4.79 Å². The second kappa shape index (κ2) is 5.36. The maximum absolute atomic E-state index is 11.4. The predicted octanol–water partition coefficient (Wildman–Crippen LogP) is 0.958. The fraction of sp³-hybridized carbons (Fsp3) is 0.364. The van der Waals surface area contributed by atoms with Gasteiger partial charge in [-0.2, -0.15) is 0 Å². The number of nitrogens with two attached hydrogens (primary N) is 1. The van der Waals surface area contributed by atoms with Crippen LogP contribution in [0.2, 0.25) is 0 Å². The second-order valence-electron chi connectivity index (χ2n) is 3.54. The topological polar surface area (TPSA) is 58.4 Å². The Morgan fingerprint density at radius 2 is 2.00 bits per heavy atom. The number of hydrogen-bond acceptors (Lipinski definition) is 2. The van der Waals surface area contributed by atoms with Crippen LogP contribution in [-0.2, 0) is 0 Å². The minimum absolute atomic E-state index is 0.124. The molecule has 0 spiro atoms. The van der Waals surface area contributed by atoms with E-state index in [2.05, 4.69) is 5.32 Å². The van der Waals surface area contributed by atoms with Crippen LogP contribution in [0.3, 0.4) is 0 Å². The van der Waals surface area contributed by atoms with Crippen molar-refractivity contribution in [2.75, 3.05) is 20.6 Å². The standard InChI is InChI=1S/C11H17N3O/c1-14(2)11(15)13-10(8-12)9-6-4-3-5-7-9/h3-7,10H,8,12H2,1-2H3,(H,13,15). The average Bonchev–Trinajstić information content (AvgIpc) is 2.26. The van der Waals surface area contributed by atoms with Crippen molar-refractivity contribution in [3.05, 3.63) is 35.9 Å². The summed E-state index contributed by atoms with van der Waals surface area (Å²) in [5.41, 5.74) is 6.64. The van der Waals surface area contributed by atoms with Crippen LogP contribution in [-0.4, -0.2) is 31.6 Å². The largest absolute Gasteiger partial charge is 0.331 e. The number of nitrogens with zero attached hydrogens (tertiary/aromatic N) is 1. The Morgan fingerprint density at radius 1 is 1.40 bits per heavy atom. The van der Waals surface area contributed by atoms with E-state index in [-0.39, 0.29) is 12.1 Å². The summed E-state index contributed by atoms with van der Waals surface area (Å²) in [6.45, 7) is 0.392. The van der Waals surface area contributed by atoms with E-state index in [1.807, 2.05) is 30.3 Å². The highest BCUT2D eigenvalue weighted by molar-refractivity contribution is 5.74. The number of carbonyl (C=O) groups is 1. The van der Waals surface area contributed by atoms with Gasteiger partial charge in [0.25, 0.3) is 0 Å². The Morgan fingerprint density at radius 3 is 2.47 bits per heavy atom. The van der Waals surface area contributed by atoms with Gasteiger partial charge in [-0.3, -0.25) is 0 Å². The first-order valence-electron chi connectivity index (χ1n) is 4.88. The van der Waals surface area contributed by atoms with Gasteiger partial charge >= 0.3 is 6.03 Å². The molecule has 1 rings (SSSR count). The molecule has 1 aromatic carbocycles. The molecule has 0 fully saturated rings. The Labute approximate surface area is 90.1 Å². The summed E-state index contributed by atoms with van der Waals surface area (Å²) in [5, 5.41) is 2.84. The van der Waals surface area contributed by atoms with Gasteiger partial charge in [0.05, 0.1) is 6.04 Å². The molecule has 1 unspecified atom stereocenters. The van der Waals surface area contributed by atoms with Crippen LogP contribution in [0.1, 0.15) is 11.6 Å². The van der Waals surface area contributed by atoms with E-state index in [1.165, 1.54) is 4.90 Å². The molecule has 1 aromatic rings. The third-order valence-electron chi connectivity index (χ3n) is 2.14. The van der Waals surface area contributed by atoms with Crippen LogP contribution in [0.5, 0.6) is 0 Å². The zero-order valence-electron chi connectivity index (χ0n) is 9.10. The van der Waals surface area contributed by atoms with Crippen LogP contribution in [0.4, 0.5) is 4.79 Å². The van der Waals surface area contributed by atoms with Crippen molar-refractivity contribution < 1.29 is 4.79 Å². The summed E-state index contributed by atoms with van der Waals surface area (Å²) in [7, 11) is 3.40. The van der Waals surface area contributed by atoms with Gasteiger partial charge in [0, 0.05) is 20.6 Å². The number of carbonyl (C=O) groups excluding carboxylic acids is 1. The Bertz CT molecular complexity index is 311. The summed E-state index contributed by atoms with van der Waals surface area (Å²) in [6.07, 6.45) is 0. The molecule has 0 radical (unpaired) electrons. The van der Waals surface area contributed by atoms with Gasteiger partial charge in [-0.15, -0.1) is 0 Å². The summed E-state index contributed by atoms with van der Waals surface area (Å²) < 4.78 is 0. The molecule has 4 heteroatoms. The molecule has 0 aliphatic heterocycles. The van der Waals surface area contributed by atoms with E-state index in [0.29, 0.717) is 6.54 Å². The number of amides is 2. The van der Waals surface area contributed by atoms with E-state index in [1.54, 1.807) is 14.1 Å². The monoisotopic (exact) mass is 207 g/mol. The molecule has 15 heavy (non-hydrogen) atoms. The molecule has 0 aliphatic carbocycles. The van der Waals surface area contributed by atoms with Crippen molar-refractivity contribution in [3.63, 3.8) is 0 Å². The van der Waals surface area contributed by atoms with E-state index in [0.717, 1.165) is 5.56 Å². The minimum Gasteiger partial charge on any atom is -0.331 e. The number of urea groups is 1. The van der Waals surface area contributed by atoms with Crippen molar-refractivity contribution in [1.29, 1.82) is 0 Å². The van der Waals surface area contributed by atoms with E-state index < -0.39 is 0 Å². The average molecular weight is 207 g/mol. The van der Waals surface area contributed by atoms with Gasteiger partial charge in [0.2, 0.25) is 0 Å². The first-order chi connectivity index (χ1) is 7.15. The molecule has 0 aliphatic rings. The second-order valence-corrected chi connectivity index (χ2v) is 3.54. The molecule has 0 heterocycles. The van der Waals surface area contributed by atoms with Crippen molar-refractivity contribution >= 4 is 6.03 Å². The first-order valence-corrected chi connectivity index (χ1v) is 4.88. The maximum atomic E-state index is 11.4.